The Kier molecular flexibility index (Phi) is 6.15. The molecule has 2 aliphatic heterocycles. The van der Waals surface area contributed by atoms with Crippen LogP contribution in [0.1, 0.15) is 39.6 Å². The van der Waals surface area contributed by atoms with Gasteiger partial charge < -0.3 is 0 Å². The summed E-state index contributed by atoms with van der Waals surface area (Å²) in [6, 6.07) is 15.8. The molecule has 1 unspecified atom stereocenters. The Morgan fingerprint density at radius 3 is 2.39 bits per heavy atom. The van der Waals surface area contributed by atoms with Gasteiger partial charge in [-0.15, -0.1) is 0 Å². The minimum Gasteiger partial charge on any atom is -0.295 e. The number of hydrogen-bond donors (Lipinski definition) is 0. The highest BCUT2D eigenvalue weighted by Crippen LogP contribution is 2.31. The molecule has 2 aliphatic rings. The maximum absolute atomic E-state index is 12.6. The predicted octanol–water partition coefficient (Wildman–Crippen LogP) is 3.40. The fourth-order valence-corrected chi connectivity index (χ4v) is 4.86. The summed E-state index contributed by atoms with van der Waals surface area (Å²) in [5, 5.41) is 5.69. The molecule has 0 saturated carbocycles. The van der Waals surface area contributed by atoms with E-state index in [4.69, 9.17) is 0 Å². The van der Waals surface area contributed by atoms with Gasteiger partial charge in [0.25, 0.3) is 11.8 Å². The lowest BCUT2D eigenvalue weighted by Gasteiger charge is -2.22. The van der Waals surface area contributed by atoms with Gasteiger partial charge in [-0.1, -0.05) is 78.1 Å². The molecule has 0 spiro atoms. The number of thioether (sulfide) groups is 2. The first-order chi connectivity index (χ1) is 14.9. The van der Waals surface area contributed by atoms with Crippen LogP contribution in [0, 0.1) is 0 Å². The van der Waals surface area contributed by atoms with E-state index in [0.717, 1.165) is 22.3 Å². The van der Waals surface area contributed by atoms with Crippen molar-refractivity contribution in [3.63, 3.8) is 0 Å². The number of hydrazone groups is 1. The molecule has 0 aliphatic carbocycles. The maximum atomic E-state index is 12.6. The Bertz CT molecular complexity index is 1130. The fourth-order valence-electron chi connectivity index (χ4n) is 3.01. The Morgan fingerprint density at radius 1 is 1.03 bits per heavy atom. The molecule has 1 atom stereocenters. The van der Waals surface area contributed by atoms with Crippen molar-refractivity contribution in [3.8, 4) is 0 Å². The molecule has 2 amide bonds. The second-order valence-electron chi connectivity index (χ2n) is 6.87. The highest BCUT2D eigenvalue weighted by atomic mass is 32.2. The summed E-state index contributed by atoms with van der Waals surface area (Å²) in [5.74, 6) is -0.857. The molecule has 7 nitrogen and oxygen atoms in total. The summed E-state index contributed by atoms with van der Waals surface area (Å²) in [6.07, 6.45) is -0.0536. The van der Waals surface area contributed by atoms with E-state index in [1.54, 1.807) is 24.3 Å². The lowest BCUT2D eigenvalue weighted by Crippen LogP contribution is -2.35. The van der Waals surface area contributed by atoms with Crippen LogP contribution in [-0.2, 0) is 9.59 Å². The number of carbonyl (C=O) groups is 4. The van der Waals surface area contributed by atoms with Crippen LogP contribution in [0.15, 0.2) is 64.7 Å². The summed E-state index contributed by atoms with van der Waals surface area (Å²) in [7, 11) is 0. The third-order valence-corrected chi connectivity index (χ3v) is 6.78. The Hall–Kier alpha value is -3.04. The van der Waals surface area contributed by atoms with Crippen molar-refractivity contribution in [1.82, 2.24) is 5.01 Å². The number of ketones is 2. The van der Waals surface area contributed by atoms with Crippen LogP contribution in [0.5, 0.6) is 0 Å². The van der Waals surface area contributed by atoms with Gasteiger partial charge in [-0.3, -0.25) is 19.2 Å². The molecule has 0 fully saturated rings. The highest BCUT2D eigenvalue weighted by Gasteiger charge is 2.37. The topological polar surface area (TPSA) is 96.2 Å². The lowest BCUT2D eigenvalue weighted by atomic mass is 10.0. The van der Waals surface area contributed by atoms with Crippen LogP contribution in [0.4, 0.5) is 0 Å². The standard InChI is InChI=1S/C22H17N3O4S2/c1-13(26)14-7-9-15(10-8-14)17(27)11-18-20(29)23-22(31-18)25-19(28)12-30-21(24-25)16-5-3-2-4-6-16/h2-10,18H,11-12H2,1H3. The van der Waals surface area contributed by atoms with Gasteiger partial charge in [0.15, 0.2) is 16.7 Å². The highest BCUT2D eigenvalue weighted by molar-refractivity contribution is 8.16. The summed E-state index contributed by atoms with van der Waals surface area (Å²) < 4.78 is 0. The number of aliphatic imine (C=N–C) groups is 1. The van der Waals surface area contributed by atoms with Gasteiger partial charge >= 0.3 is 0 Å². The van der Waals surface area contributed by atoms with E-state index in [1.165, 1.54) is 18.7 Å². The molecule has 0 saturated heterocycles. The second kappa shape index (κ2) is 8.99. The zero-order valence-electron chi connectivity index (χ0n) is 16.5. The van der Waals surface area contributed by atoms with Crippen molar-refractivity contribution in [2.24, 2.45) is 10.1 Å². The van der Waals surface area contributed by atoms with Gasteiger partial charge in [-0.05, 0) is 6.92 Å². The first-order valence-electron chi connectivity index (χ1n) is 9.45. The van der Waals surface area contributed by atoms with Crippen molar-refractivity contribution in [1.29, 1.82) is 0 Å². The van der Waals surface area contributed by atoms with Crippen LogP contribution < -0.4 is 0 Å². The molecule has 0 aromatic heterocycles. The molecule has 2 heterocycles. The van der Waals surface area contributed by atoms with Gasteiger partial charge in [0.05, 0.1) is 5.75 Å². The number of hydrogen-bond acceptors (Lipinski definition) is 7. The quantitative estimate of drug-likeness (QED) is 0.647. The van der Waals surface area contributed by atoms with E-state index < -0.39 is 11.2 Å². The third kappa shape index (κ3) is 4.67. The maximum Gasteiger partial charge on any atom is 0.262 e. The number of rotatable bonds is 5. The largest absolute Gasteiger partial charge is 0.295 e. The molecular formula is C22H17N3O4S2. The minimum atomic E-state index is -0.715. The van der Waals surface area contributed by atoms with Crippen LogP contribution in [0.25, 0.3) is 0 Å². The summed E-state index contributed by atoms with van der Waals surface area (Å²) >= 11 is 2.40. The number of benzene rings is 2. The molecule has 31 heavy (non-hydrogen) atoms. The monoisotopic (exact) mass is 451 g/mol. The van der Waals surface area contributed by atoms with Gasteiger partial charge in [-0.25, -0.2) is 0 Å². The second-order valence-corrected chi connectivity index (χ2v) is 9.00. The van der Waals surface area contributed by atoms with Crippen molar-refractivity contribution < 1.29 is 19.2 Å². The molecule has 0 radical (unpaired) electrons. The molecule has 0 bridgehead atoms. The number of Topliss-reactive ketones (excluding diaryl/α,β-unsaturated/α-hetero) is 2. The molecule has 9 heteroatoms. The van der Waals surface area contributed by atoms with Gasteiger partial charge in [0, 0.05) is 23.1 Å². The summed E-state index contributed by atoms with van der Waals surface area (Å²) in [6.45, 7) is 1.45. The average molecular weight is 452 g/mol. The Balaban J connectivity index is 1.47. The molecule has 2 aromatic rings. The predicted molar refractivity (Wildman–Crippen MR) is 121 cm³/mol. The van der Waals surface area contributed by atoms with E-state index >= 15 is 0 Å². The van der Waals surface area contributed by atoms with Crippen molar-refractivity contribution in [2.75, 3.05) is 5.75 Å². The Morgan fingerprint density at radius 2 is 1.71 bits per heavy atom. The minimum absolute atomic E-state index is 0.0536. The first kappa shape index (κ1) is 21.2. The van der Waals surface area contributed by atoms with Crippen LogP contribution in [0.3, 0.4) is 0 Å². The van der Waals surface area contributed by atoms with E-state index in [9.17, 15) is 19.2 Å². The van der Waals surface area contributed by atoms with Crippen LogP contribution >= 0.6 is 23.5 Å². The van der Waals surface area contributed by atoms with E-state index in [0.29, 0.717) is 16.2 Å². The van der Waals surface area contributed by atoms with Gasteiger partial charge in [0.2, 0.25) is 0 Å². The van der Waals surface area contributed by atoms with Gasteiger partial charge in [0.1, 0.15) is 10.3 Å². The zero-order valence-corrected chi connectivity index (χ0v) is 18.1. The number of amides is 2. The number of nitrogens with zero attached hydrogens (tertiary/aromatic N) is 3. The average Bonchev–Trinajstić information content (AvgIpc) is 3.14. The molecule has 4 rings (SSSR count). The van der Waals surface area contributed by atoms with E-state index in [-0.39, 0.29) is 34.8 Å². The SMILES string of the molecule is CC(=O)c1ccc(C(=O)CC2SC(N3N=C(c4ccccc4)SCC3=O)=NC2=O)cc1. The molecule has 156 valence electrons. The first-order valence-corrected chi connectivity index (χ1v) is 11.3. The number of amidine groups is 1. The van der Waals surface area contributed by atoms with Crippen LogP contribution in [0.2, 0.25) is 0 Å². The molecule has 0 N–H and O–H groups in total. The molecule has 2 aromatic carbocycles. The van der Waals surface area contributed by atoms with Crippen molar-refractivity contribution >= 4 is 57.1 Å². The Labute approximate surface area is 187 Å². The van der Waals surface area contributed by atoms with E-state index in [1.807, 2.05) is 30.3 Å². The van der Waals surface area contributed by atoms with Crippen molar-refractivity contribution in [2.45, 2.75) is 18.6 Å². The number of carbonyl (C=O) groups excluding carboxylic acids is 4. The van der Waals surface area contributed by atoms with Crippen LogP contribution in [-0.4, -0.2) is 49.6 Å². The summed E-state index contributed by atoms with van der Waals surface area (Å²) in [4.78, 5) is 52.8. The molecular weight excluding hydrogens is 434 g/mol. The normalized spacial score (nSPS) is 18.6. The lowest BCUT2D eigenvalue weighted by molar-refractivity contribution is -0.124. The summed E-state index contributed by atoms with van der Waals surface area (Å²) in [5.41, 5.74) is 1.81. The third-order valence-electron chi connectivity index (χ3n) is 4.67. The smallest absolute Gasteiger partial charge is 0.262 e. The zero-order chi connectivity index (χ0) is 22.0. The van der Waals surface area contributed by atoms with E-state index in [2.05, 4.69) is 10.1 Å². The van der Waals surface area contributed by atoms with Crippen molar-refractivity contribution in [3.05, 3.63) is 71.3 Å². The van der Waals surface area contributed by atoms with Gasteiger partial charge in [-0.2, -0.15) is 15.1 Å². The fraction of sp³-hybridized carbons (Fsp3) is 0.182.